The van der Waals surface area contributed by atoms with E-state index in [1.807, 2.05) is 13.8 Å². The Labute approximate surface area is 108 Å². The Morgan fingerprint density at radius 1 is 1.12 bits per heavy atom. The molecule has 0 saturated carbocycles. The van der Waals surface area contributed by atoms with Crippen LogP contribution in [0.15, 0.2) is 0 Å². The van der Waals surface area contributed by atoms with Gasteiger partial charge in [-0.05, 0) is 39.0 Å². The van der Waals surface area contributed by atoms with Gasteiger partial charge in [-0.15, -0.1) is 0 Å². The molecule has 1 aliphatic rings. The fourth-order valence-corrected chi connectivity index (χ4v) is 2.53. The molecule has 2 heterocycles. The van der Waals surface area contributed by atoms with E-state index in [-0.39, 0.29) is 0 Å². The Morgan fingerprint density at radius 3 is 2.59 bits per heavy atom. The summed E-state index contributed by atoms with van der Waals surface area (Å²) < 4.78 is 0. The maximum Gasteiger partial charge on any atom is 0.171 e. The molecule has 0 bridgehead atoms. The monoisotopic (exact) mass is 253 g/mol. The predicted octanol–water partition coefficient (Wildman–Crippen LogP) is 3.37. The number of nitrogens with zero attached hydrogens (tertiary/aromatic N) is 3. The summed E-state index contributed by atoms with van der Waals surface area (Å²) in [7, 11) is 0. The minimum Gasteiger partial charge on any atom is -0.354 e. The molecule has 3 nitrogen and oxygen atoms in total. The highest BCUT2D eigenvalue weighted by Crippen LogP contribution is 2.26. The molecule has 1 unspecified atom stereocenters. The zero-order valence-corrected chi connectivity index (χ0v) is 11.6. The Bertz CT molecular complexity index is 406. The SMILES string of the molecule is Cc1nc(Cl)c(N2CCCC(C)CC2)nc1C. The summed E-state index contributed by atoms with van der Waals surface area (Å²) in [6, 6.07) is 0. The van der Waals surface area contributed by atoms with E-state index in [0.717, 1.165) is 36.2 Å². The van der Waals surface area contributed by atoms with Gasteiger partial charge in [0, 0.05) is 13.1 Å². The highest BCUT2D eigenvalue weighted by molar-refractivity contribution is 6.31. The van der Waals surface area contributed by atoms with Crippen molar-refractivity contribution in [2.45, 2.75) is 40.0 Å². The second-order valence-electron chi connectivity index (χ2n) is 5.03. The first-order valence-electron chi connectivity index (χ1n) is 6.33. The molecule has 0 amide bonds. The van der Waals surface area contributed by atoms with Gasteiger partial charge in [0.25, 0.3) is 0 Å². The number of rotatable bonds is 1. The van der Waals surface area contributed by atoms with Crippen molar-refractivity contribution in [3.8, 4) is 0 Å². The van der Waals surface area contributed by atoms with E-state index in [1.165, 1.54) is 19.3 Å². The molecule has 1 fully saturated rings. The van der Waals surface area contributed by atoms with E-state index in [0.29, 0.717) is 5.15 Å². The zero-order chi connectivity index (χ0) is 12.4. The molecule has 1 aromatic heterocycles. The van der Waals surface area contributed by atoms with Gasteiger partial charge >= 0.3 is 0 Å². The molecular formula is C13H20ClN3. The van der Waals surface area contributed by atoms with Gasteiger partial charge in [-0.1, -0.05) is 18.5 Å². The third-order valence-electron chi connectivity index (χ3n) is 3.56. The van der Waals surface area contributed by atoms with E-state index >= 15 is 0 Å². The maximum absolute atomic E-state index is 6.21. The van der Waals surface area contributed by atoms with Crippen LogP contribution in [0.2, 0.25) is 5.15 Å². The van der Waals surface area contributed by atoms with Crippen molar-refractivity contribution in [1.29, 1.82) is 0 Å². The van der Waals surface area contributed by atoms with Crippen LogP contribution in [0, 0.1) is 19.8 Å². The lowest BCUT2D eigenvalue weighted by Crippen LogP contribution is -2.26. The summed E-state index contributed by atoms with van der Waals surface area (Å²) >= 11 is 6.21. The van der Waals surface area contributed by atoms with Gasteiger partial charge in [0.15, 0.2) is 11.0 Å². The molecule has 0 spiro atoms. The van der Waals surface area contributed by atoms with Gasteiger partial charge in [0.1, 0.15) is 0 Å². The van der Waals surface area contributed by atoms with Gasteiger partial charge in [-0.3, -0.25) is 0 Å². The molecule has 1 aromatic rings. The molecule has 0 radical (unpaired) electrons. The molecule has 0 N–H and O–H groups in total. The predicted molar refractivity (Wildman–Crippen MR) is 71.7 cm³/mol. The standard InChI is InChI=1S/C13H20ClN3/c1-9-5-4-7-17(8-6-9)13-12(14)15-10(2)11(3)16-13/h9H,4-8H2,1-3H3. The van der Waals surface area contributed by atoms with Crippen LogP contribution < -0.4 is 4.90 Å². The minimum atomic E-state index is 0.544. The Hall–Kier alpha value is -0.830. The molecule has 1 saturated heterocycles. The highest BCUT2D eigenvalue weighted by atomic mass is 35.5. The summed E-state index contributed by atoms with van der Waals surface area (Å²) in [6.45, 7) is 8.33. The lowest BCUT2D eigenvalue weighted by molar-refractivity contribution is 0.521. The fourth-order valence-electron chi connectivity index (χ4n) is 2.24. The van der Waals surface area contributed by atoms with Crippen LogP contribution in [0.3, 0.4) is 0 Å². The molecular weight excluding hydrogens is 234 g/mol. The molecule has 17 heavy (non-hydrogen) atoms. The molecule has 2 rings (SSSR count). The van der Waals surface area contributed by atoms with Crippen LogP contribution in [0.25, 0.3) is 0 Å². The minimum absolute atomic E-state index is 0.544. The van der Waals surface area contributed by atoms with E-state index in [4.69, 9.17) is 11.6 Å². The first-order valence-corrected chi connectivity index (χ1v) is 6.71. The molecule has 94 valence electrons. The second-order valence-corrected chi connectivity index (χ2v) is 5.39. The van der Waals surface area contributed by atoms with E-state index < -0.39 is 0 Å². The van der Waals surface area contributed by atoms with E-state index in [1.54, 1.807) is 0 Å². The van der Waals surface area contributed by atoms with Crippen molar-refractivity contribution in [3.05, 3.63) is 16.5 Å². The van der Waals surface area contributed by atoms with Crippen LogP contribution in [-0.4, -0.2) is 23.1 Å². The summed E-state index contributed by atoms with van der Waals surface area (Å²) in [5, 5.41) is 0.544. The van der Waals surface area contributed by atoms with Gasteiger partial charge in [0.05, 0.1) is 11.4 Å². The Balaban J connectivity index is 2.24. The molecule has 1 aliphatic heterocycles. The molecule has 1 atom stereocenters. The fraction of sp³-hybridized carbons (Fsp3) is 0.692. The van der Waals surface area contributed by atoms with Gasteiger partial charge in [-0.2, -0.15) is 0 Å². The Kier molecular flexibility index (Phi) is 3.87. The van der Waals surface area contributed by atoms with Crippen LogP contribution in [0.1, 0.15) is 37.6 Å². The third-order valence-corrected chi connectivity index (χ3v) is 3.82. The lowest BCUT2D eigenvalue weighted by Gasteiger charge is -2.22. The highest BCUT2D eigenvalue weighted by Gasteiger charge is 2.18. The summed E-state index contributed by atoms with van der Waals surface area (Å²) in [6.07, 6.45) is 3.73. The zero-order valence-electron chi connectivity index (χ0n) is 10.8. The van der Waals surface area contributed by atoms with Crippen molar-refractivity contribution in [3.63, 3.8) is 0 Å². The van der Waals surface area contributed by atoms with Crippen LogP contribution >= 0.6 is 11.6 Å². The summed E-state index contributed by atoms with van der Waals surface area (Å²) in [5.41, 5.74) is 1.89. The number of aryl methyl sites for hydroxylation is 2. The number of hydrogen-bond donors (Lipinski definition) is 0. The van der Waals surface area contributed by atoms with Crippen LogP contribution in [0.5, 0.6) is 0 Å². The quantitative estimate of drug-likeness (QED) is 0.768. The first-order chi connectivity index (χ1) is 8.08. The summed E-state index contributed by atoms with van der Waals surface area (Å²) in [4.78, 5) is 11.2. The molecule has 0 aromatic carbocycles. The molecule has 4 heteroatoms. The number of aromatic nitrogens is 2. The largest absolute Gasteiger partial charge is 0.354 e. The van der Waals surface area contributed by atoms with Crippen molar-refractivity contribution in [2.24, 2.45) is 5.92 Å². The topological polar surface area (TPSA) is 29.0 Å². The van der Waals surface area contributed by atoms with Crippen molar-refractivity contribution >= 4 is 17.4 Å². The van der Waals surface area contributed by atoms with Crippen molar-refractivity contribution in [2.75, 3.05) is 18.0 Å². The third kappa shape index (κ3) is 2.89. The van der Waals surface area contributed by atoms with Gasteiger partial charge < -0.3 is 4.90 Å². The number of halogens is 1. The van der Waals surface area contributed by atoms with Crippen LogP contribution in [-0.2, 0) is 0 Å². The average molecular weight is 254 g/mol. The van der Waals surface area contributed by atoms with Gasteiger partial charge in [-0.25, -0.2) is 9.97 Å². The smallest absolute Gasteiger partial charge is 0.171 e. The first kappa shape index (κ1) is 12.6. The van der Waals surface area contributed by atoms with Crippen molar-refractivity contribution in [1.82, 2.24) is 9.97 Å². The second kappa shape index (κ2) is 5.21. The maximum atomic E-state index is 6.21. The number of hydrogen-bond acceptors (Lipinski definition) is 3. The van der Waals surface area contributed by atoms with E-state index in [2.05, 4.69) is 21.8 Å². The number of anilines is 1. The van der Waals surface area contributed by atoms with E-state index in [9.17, 15) is 0 Å². The van der Waals surface area contributed by atoms with Crippen molar-refractivity contribution < 1.29 is 0 Å². The molecule has 0 aliphatic carbocycles. The van der Waals surface area contributed by atoms with Crippen LogP contribution in [0.4, 0.5) is 5.82 Å². The Morgan fingerprint density at radius 2 is 1.82 bits per heavy atom. The van der Waals surface area contributed by atoms with Gasteiger partial charge in [0.2, 0.25) is 0 Å². The normalized spacial score (nSPS) is 21.4. The average Bonchev–Trinajstić information content (AvgIpc) is 2.49. The summed E-state index contributed by atoms with van der Waals surface area (Å²) in [5.74, 6) is 1.67. The lowest BCUT2D eigenvalue weighted by atomic mass is 10.0.